The summed E-state index contributed by atoms with van der Waals surface area (Å²) in [5, 5.41) is 0. The van der Waals surface area contributed by atoms with E-state index in [1.807, 2.05) is 27.7 Å². The molecule has 1 aliphatic rings. The molecule has 3 atom stereocenters. The fourth-order valence-corrected chi connectivity index (χ4v) is 3.52. The topological polar surface area (TPSA) is 56.5 Å². The highest BCUT2D eigenvalue weighted by atomic mass is 16.5. The molecule has 0 N–H and O–H groups in total. The van der Waals surface area contributed by atoms with Gasteiger partial charge in [-0.2, -0.15) is 0 Å². The first-order valence-corrected chi connectivity index (χ1v) is 8.79. The number of rotatable bonds is 4. The van der Waals surface area contributed by atoms with Gasteiger partial charge < -0.3 is 9.15 Å². The number of carbonyl (C=O) groups excluding carboxylic acids is 1. The minimum atomic E-state index is -0.255. The Morgan fingerprint density at radius 2 is 1.71 bits per heavy atom. The van der Waals surface area contributed by atoms with Gasteiger partial charge in [0.1, 0.15) is 23.4 Å². The molecule has 0 spiro atoms. The number of ether oxygens (including phenoxy) is 1. The van der Waals surface area contributed by atoms with E-state index in [1.54, 1.807) is 20.8 Å². The second kappa shape index (κ2) is 6.96. The van der Waals surface area contributed by atoms with E-state index in [0.29, 0.717) is 40.4 Å². The predicted octanol–water partition coefficient (Wildman–Crippen LogP) is 4.21. The lowest BCUT2D eigenvalue weighted by Gasteiger charge is -2.33. The van der Waals surface area contributed by atoms with E-state index in [-0.39, 0.29) is 29.2 Å². The Hall–Kier alpha value is -1.84. The number of Topliss-reactive ketones (excluding diaryl/α,β-unsaturated/α-hetero) is 1. The van der Waals surface area contributed by atoms with Crippen molar-refractivity contribution >= 4 is 5.78 Å². The molecule has 2 rings (SSSR count). The molecule has 4 nitrogen and oxygen atoms in total. The van der Waals surface area contributed by atoms with Crippen molar-refractivity contribution in [3.05, 3.63) is 44.2 Å². The molecule has 1 aromatic rings. The molecule has 0 aromatic carbocycles. The van der Waals surface area contributed by atoms with Crippen LogP contribution >= 0.6 is 0 Å². The lowest BCUT2D eigenvalue weighted by Crippen LogP contribution is -2.35. The zero-order valence-electron chi connectivity index (χ0n) is 15.8. The standard InChI is InChI=1S/C20H28O4/c1-8-15-10(3)17(21)12(5)19(23-15)14(7)20-13(6)18(22)11(4)16(9-2)24-20/h10,14-15H,8-9H2,1-7H3. The van der Waals surface area contributed by atoms with E-state index in [4.69, 9.17) is 9.15 Å². The molecule has 3 unspecified atom stereocenters. The van der Waals surface area contributed by atoms with Crippen molar-refractivity contribution in [3.63, 3.8) is 0 Å². The minimum absolute atomic E-state index is 0.0146. The van der Waals surface area contributed by atoms with Crippen molar-refractivity contribution in [3.8, 4) is 0 Å². The zero-order valence-corrected chi connectivity index (χ0v) is 15.8. The summed E-state index contributed by atoms with van der Waals surface area (Å²) in [4.78, 5) is 25.0. The Balaban J connectivity index is 2.56. The van der Waals surface area contributed by atoms with Gasteiger partial charge in [0.2, 0.25) is 0 Å². The summed E-state index contributed by atoms with van der Waals surface area (Å²) in [6.45, 7) is 13.2. The van der Waals surface area contributed by atoms with Crippen LogP contribution in [-0.2, 0) is 16.0 Å². The van der Waals surface area contributed by atoms with Gasteiger partial charge in [0, 0.05) is 23.1 Å². The maximum Gasteiger partial charge on any atom is 0.191 e. The molecule has 132 valence electrons. The number of aryl methyl sites for hydroxylation is 1. The molecule has 4 heteroatoms. The van der Waals surface area contributed by atoms with Gasteiger partial charge in [-0.25, -0.2) is 0 Å². The van der Waals surface area contributed by atoms with Gasteiger partial charge in [0.15, 0.2) is 11.2 Å². The van der Waals surface area contributed by atoms with Crippen molar-refractivity contribution in [2.75, 3.05) is 0 Å². The van der Waals surface area contributed by atoms with E-state index >= 15 is 0 Å². The molecule has 2 heterocycles. The van der Waals surface area contributed by atoms with Gasteiger partial charge >= 0.3 is 0 Å². The van der Waals surface area contributed by atoms with Crippen molar-refractivity contribution in [1.82, 2.24) is 0 Å². The Morgan fingerprint density at radius 1 is 1.08 bits per heavy atom. The summed E-state index contributed by atoms with van der Waals surface area (Å²) in [5.74, 6) is 1.68. The van der Waals surface area contributed by atoms with Crippen LogP contribution in [0.1, 0.15) is 69.6 Å². The Morgan fingerprint density at radius 3 is 2.25 bits per heavy atom. The molecule has 0 aliphatic carbocycles. The Kier molecular flexibility index (Phi) is 5.36. The van der Waals surface area contributed by atoms with E-state index < -0.39 is 0 Å². The SMILES string of the molecule is CCc1oc(C(C)C2=C(C)C(=O)C(C)C(CC)O2)c(C)c(=O)c1C. The van der Waals surface area contributed by atoms with E-state index in [0.717, 1.165) is 6.42 Å². The predicted molar refractivity (Wildman–Crippen MR) is 94.3 cm³/mol. The van der Waals surface area contributed by atoms with Crippen LogP contribution in [0.15, 0.2) is 20.5 Å². The lowest BCUT2D eigenvalue weighted by atomic mass is 9.86. The fraction of sp³-hybridized carbons (Fsp3) is 0.600. The molecular formula is C20H28O4. The van der Waals surface area contributed by atoms with E-state index in [2.05, 4.69) is 0 Å². The van der Waals surface area contributed by atoms with Gasteiger partial charge in [-0.05, 0) is 34.1 Å². The highest BCUT2D eigenvalue weighted by Gasteiger charge is 2.36. The average molecular weight is 332 g/mol. The first kappa shape index (κ1) is 18.5. The monoisotopic (exact) mass is 332 g/mol. The Bertz CT molecular complexity index is 739. The van der Waals surface area contributed by atoms with Crippen LogP contribution in [0.4, 0.5) is 0 Å². The van der Waals surface area contributed by atoms with Crippen molar-refractivity contribution in [2.24, 2.45) is 5.92 Å². The van der Waals surface area contributed by atoms with Crippen LogP contribution in [0.25, 0.3) is 0 Å². The van der Waals surface area contributed by atoms with Gasteiger partial charge in [0.25, 0.3) is 0 Å². The van der Waals surface area contributed by atoms with Crippen molar-refractivity contribution in [2.45, 2.75) is 73.3 Å². The number of ketones is 1. The summed E-state index contributed by atoms with van der Waals surface area (Å²) < 4.78 is 12.2. The fourth-order valence-electron chi connectivity index (χ4n) is 3.52. The first-order valence-electron chi connectivity index (χ1n) is 8.79. The van der Waals surface area contributed by atoms with Crippen LogP contribution in [-0.4, -0.2) is 11.9 Å². The molecule has 24 heavy (non-hydrogen) atoms. The highest BCUT2D eigenvalue weighted by molar-refractivity contribution is 5.98. The van der Waals surface area contributed by atoms with Gasteiger partial charge in [-0.1, -0.05) is 20.8 Å². The second-order valence-electron chi connectivity index (χ2n) is 6.75. The Labute approximate surface area is 143 Å². The van der Waals surface area contributed by atoms with Crippen molar-refractivity contribution < 1.29 is 13.9 Å². The quantitative estimate of drug-likeness (QED) is 0.829. The molecule has 1 aromatic heterocycles. The van der Waals surface area contributed by atoms with Gasteiger partial charge in [0.05, 0.1) is 11.8 Å². The maximum absolute atomic E-state index is 12.5. The smallest absolute Gasteiger partial charge is 0.191 e. The van der Waals surface area contributed by atoms with Crippen LogP contribution in [0.2, 0.25) is 0 Å². The van der Waals surface area contributed by atoms with E-state index in [9.17, 15) is 9.59 Å². The number of carbonyl (C=O) groups is 1. The van der Waals surface area contributed by atoms with Crippen LogP contribution in [0.3, 0.4) is 0 Å². The molecule has 0 radical (unpaired) electrons. The lowest BCUT2D eigenvalue weighted by molar-refractivity contribution is -0.125. The number of allylic oxidation sites excluding steroid dienone is 2. The summed E-state index contributed by atoms with van der Waals surface area (Å²) in [5.41, 5.74) is 1.92. The largest absolute Gasteiger partial charge is 0.493 e. The highest BCUT2D eigenvalue weighted by Crippen LogP contribution is 2.36. The third-order valence-electron chi connectivity index (χ3n) is 5.20. The van der Waals surface area contributed by atoms with Crippen LogP contribution in [0.5, 0.6) is 0 Å². The van der Waals surface area contributed by atoms with Gasteiger partial charge in [-0.3, -0.25) is 9.59 Å². The van der Waals surface area contributed by atoms with Crippen molar-refractivity contribution in [1.29, 1.82) is 0 Å². The summed E-state index contributed by atoms with van der Waals surface area (Å²) >= 11 is 0. The summed E-state index contributed by atoms with van der Waals surface area (Å²) in [6, 6.07) is 0. The number of hydrogen-bond donors (Lipinski definition) is 0. The van der Waals surface area contributed by atoms with E-state index in [1.165, 1.54) is 0 Å². The molecule has 0 saturated carbocycles. The third kappa shape index (κ3) is 2.94. The average Bonchev–Trinajstić information content (AvgIpc) is 2.58. The molecule has 0 amide bonds. The second-order valence-corrected chi connectivity index (χ2v) is 6.75. The normalized spacial score (nSPS) is 22.5. The minimum Gasteiger partial charge on any atom is -0.493 e. The molecular weight excluding hydrogens is 304 g/mol. The number of hydrogen-bond acceptors (Lipinski definition) is 4. The third-order valence-corrected chi connectivity index (χ3v) is 5.20. The summed E-state index contributed by atoms with van der Waals surface area (Å²) in [7, 11) is 0. The summed E-state index contributed by atoms with van der Waals surface area (Å²) in [6.07, 6.45) is 1.31. The zero-order chi connectivity index (χ0) is 18.2. The first-order chi connectivity index (χ1) is 11.2. The maximum atomic E-state index is 12.5. The van der Waals surface area contributed by atoms with Crippen LogP contribution in [0, 0.1) is 19.8 Å². The van der Waals surface area contributed by atoms with Gasteiger partial charge in [-0.15, -0.1) is 0 Å². The van der Waals surface area contributed by atoms with Crippen LogP contribution < -0.4 is 5.43 Å². The molecule has 1 aliphatic heterocycles. The molecule has 0 saturated heterocycles. The molecule has 0 bridgehead atoms. The molecule has 0 fully saturated rings.